The lowest BCUT2D eigenvalue weighted by Gasteiger charge is -2.28. The van der Waals surface area contributed by atoms with Gasteiger partial charge in [0.25, 0.3) is 5.91 Å². The molecular formula is C29H34ClN5O5. The van der Waals surface area contributed by atoms with Crippen molar-refractivity contribution in [2.45, 2.75) is 56.6 Å². The second-order valence-electron chi connectivity index (χ2n) is 10.2. The molecular weight excluding hydrogens is 534 g/mol. The number of β-amino-alcohol motifs (C(OH)–C–C–N with tert-alkyl or cyclic N) is 1. The molecule has 2 aliphatic rings. The predicted octanol–water partition coefficient (Wildman–Crippen LogP) is 3.12. The summed E-state index contributed by atoms with van der Waals surface area (Å²) in [7, 11) is 1.56. The van der Waals surface area contributed by atoms with E-state index in [0.717, 1.165) is 36.8 Å². The van der Waals surface area contributed by atoms with Gasteiger partial charge in [-0.15, -0.1) is 0 Å². The highest BCUT2D eigenvalue weighted by atomic mass is 35.5. The van der Waals surface area contributed by atoms with Crippen molar-refractivity contribution < 1.29 is 24.9 Å². The van der Waals surface area contributed by atoms with Crippen molar-refractivity contribution in [1.29, 1.82) is 0 Å². The van der Waals surface area contributed by atoms with E-state index in [1.807, 2.05) is 24.3 Å². The van der Waals surface area contributed by atoms with Crippen LogP contribution in [-0.2, 0) is 6.54 Å². The molecule has 1 aromatic heterocycles. The van der Waals surface area contributed by atoms with Crippen LogP contribution in [-0.4, -0.2) is 74.7 Å². The standard InChI is InChI=1S/C29H34ClN5O5/c1-40-20-6-4-5-17(11-20)24(16-36)32-26(38)15-35-14-19-10-9-18(12-21(19)28(35)39)27-22(30)13-31-29(34-27)33-23-7-2-3-8-25(23)37/h4-6,9-13,23-26,32,36-38H,2-3,7-8,14-16H2,1H3,(H,31,33,34)/t23?,24-,25+,26?/m1/s1. The molecule has 212 valence electrons. The van der Waals surface area contributed by atoms with Crippen molar-refractivity contribution in [3.8, 4) is 17.0 Å². The first-order chi connectivity index (χ1) is 19.4. The topological polar surface area (TPSA) is 140 Å². The Kier molecular flexibility index (Phi) is 8.82. The summed E-state index contributed by atoms with van der Waals surface area (Å²) >= 11 is 6.45. The Morgan fingerprint density at radius 2 is 2.02 bits per heavy atom. The van der Waals surface area contributed by atoms with Gasteiger partial charge in [-0.25, -0.2) is 9.97 Å². The largest absolute Gasteiger partial charge is 0.497 e. The molecule has 2 heterocycles. The Morgan fingerprint density at radius 1 is 1.20 bits per heavy atom. The summed E-state index contributed by atoms with van der Waals surface area (Å²) in [4.78, 5) is 23.7. The van der Waals surface area contributed by atoms with E-state index >= 15 is 0 Å². The van der Waals surface area contributed by atoms with Crippen LogP contribution in [0.25, 0.3) is 11.3 Å². The normalized spacial score (nSPS) is 20.2. The second-order valence-corrected chi connectivity index (χ2v) is 10.7. The maximum atomic E-state index is 13.3. The molecule has 3 aromatic rings. The lowest BCUT2D eigenvalue weighted by molar-refractivity contribution is 0.0496. The molecule has 0 saturated heterocycles. The Labute approximate surface area is 238 Å². The van der Waals surface area contributed by atoms with Gasteiger partial charge in [-0.2, -0.15) is 0 Å². The maximum Gasteiger partial charge on any atom is 0.254 e. The highest BCUT2D eigenvalue weighted by Gasteiger charge is 2.30. The van der Waals surface area contributed by atoms with E-state index in [2.05, 4.69) is 20.6 Å². The van der Waals surface area contributed by atoms with Gasteiger partial charge in [-0.3, -0.25) is 10.1 Å². The minimum Gasteiger partial charge on any atom is -0.497 e. The first-order valence-corrected chi connectivity index (χ1v) is 13.8. The minimum atomic E-state index is -1.07. The number of aliphatic hydroxyl groups excluding tert-OH is 3. The average Bonchev–Trinajstić information content (AvgIpc) is 3.27. The average molecular weight is 568 g/mol. The van der Waals surface area contributed by atoms with Crippen LogP contribution in [0.2, 0.25) is 5.02 Å². The molecule has 10 nitrogen and oxygen atoms in total. The number of anilines is 1. The maximum absolute atomic E-state index is 13.3. The molecule has 1 aliphatic carbocycles. The van der Waals surface area contributed by atoms with E-state index in [0.29, 0.717) is 40.1 Å². The molecule has 11 heteroatoms. The molecule has 4 atom stereocenters. The fourth-order valence-electron chi connectivity index (χ4n) is 5.35. The van der Waals surface area contributed by atoms with E-state index in [4.69, 9.17) is 16.3 Å². The van der Waals surface area contributed by atoms with Gasteiger partial charge in [0, 0.05) is 17.7 Å². The van der Waals surface area contributed by atoms with Crippen LogP contribution >= 0.6 is 11.6 Å². The quantitative estimate of drug-likeness (QED) is 0.234. The Balaban J connectivity index is 1.27. The van der Waals surface area contributed by atoms with Crippen molar-refractivity contribution in [3.63, 3.8) is 0 Å². The number of carbonyl (C=O) groups excluding carboxylic acids is 1. The Bertz CT molecular complexity index is 1360. The summed E-state index contributed by atoms with van der Waals surface area (Å²) in [5, 5.41) is 37.5. The first-order valence-electron chi connectivity index (χ1n) is 13.4. The van der Waals surface area contributed by atoms with Gasteiger partial charge in [-0.1, -0.05) is 48.7 Å². The number of benzene rings is 2. The number of carbonyl (C=O) groups is 1. The van der Waals surface area contributed by atoms with Gasteiger partial charge < -0.3 is 30.3 Å². The van der Waals surface area contributed by atoms with Gasteiger partial charge >= 0.3 is 0 Å². The zero-order chi connectivity index (χ0) is 28.2. The number of amides is 1. The summed E-state index contributed by atoms with van der Waals surface area (Å²) in [6, 6.07) is 12.1. The van der Waals surface area contributed by atoms with Crippen LogP contribution in [0, 0.1) is 0 Å². The number of halogens is 1. The van der Waals surface area contributed by atoms with E-state index in [9.17, 15) is 20.1 Å². The van der Waals surface area contributed by atoms with Gasteiger partial charge in [-0.05, 0) is 42.2 Å². The molecule has 1 fully saturated rings. The molecule has 5 N–H and O–H groups in total. The van der Waals surface area contributed by atoms with E-state index < -0.39 is 18.4 Å². The summed E-state index contributed by atoms with van der Waals surface area (Å²) in [5.74, 6) is 0.808. The molecule has 5 rings (SSSR count). The number of aliphatic hydroxyl groups is 3. The van der Waals surface area contributed by atoms with E-state index in [1.54, 1.807) is 30.2 Å². The number of aromatic nitrogens is 2. The zero-order valence-corrected chi connectivity index (χ0v) is 23.0. The molecule has 0 bridgehead atoms. The van der Waals surface area contributed by atoms with Crippen molar-refractivity contribution >= 4 is 23.5 Å². The Morgan fingerprint density at radius 3 is 2.80 bits per heavy atom. The highest BCUT2D eigenvalue weighted by Crippen LogP contribution is 2.32. The van der Waals surface area contributed by atoms with E-state index in [-0.39, 0.29) is 25.1 Å². The number of hydrogen-bond donors (Lipinski definition) is 5. The molecule has 1 aliphatic heterocycles. The zero-order valence-electron chi connectivity index (χ0n) is 22.3. The predicted molar refractivity (Wildman–Crippen MR) is 151 cm³/mol. The van der Waals surface area contributed by atoms with Gasteiger partial charge in [0.2, 0.25) is 5.95 Å². The SMILES string of the molecule is COc1cccc([C@@H](CO)NC(O)CN2Cc3ccc(-c4nc(NC5CCCC[C@@H]5O)ncc4Cl)cc3C2=O)c1. The fourth-order valence-corrected chi connectivity index (χ4v) is 5.55. The number of nitrogens with one attached hydrogen (secondary N) is 2. The van der Waals surface area contributed by atoms with Crippen molar-refractivity contribution in [2.24, 2.45) is 0 Å². The molecule has 2 unspecified atom stereocenters. The lowest BCUT2D eigenvalue weighted by Crippen LogP contribution is -2.43. The number of methoxy groups -OCH3 is 1. The summed E-state index contributed by atoms with van der Waals surface area (Å²) < 4.78 is 5.25. The summed E-state index contributed by atoms with van der Waals surface area (Å²) in [5.41, 5.74) is 3.27. The second kappa shape index (κ2) is 12.5. The molecule has 1 saturated carbocycles. The summed E-state index contributed by atoms with van der Waals surface area (Å²) in [6.07, 6.45) is 3.62. The molecule has 0 spiro atoms. The van der Waals surface area contributed by atoms with Crippen LogP contribution < -0.4 is 15.4 Å². The number of rotatable bonds is 10. The van der Waals surface area contributed by atoms with Crippen LogP contribution in [0.15, 0.2) is 48.7 Å². The van der Waals surface area contributed by atoms with Gasteiger partial charge in [0.05, 0.1) is 55.4 Å². The number of fused-ring (bicyclic) bond motifs is 1. The van der Waals surface area contributed by atoms with E-state index in [1.165, 1.54) is 6.20 Å². The Hall–Kier alpha value is -3.28. The first kappa shape index (κ1) is 28.3. The minimum absolute atomic E-state index is 0.0371. The molecule has 40 heavy (non-hydrogen) atoms. The monoisotopic (exact) mass is 567 g/mol. The summed E-state index contributed by atoms with van der Waals surface area (Å²) in [6.45, 7) is 0.146. The van der Waals surface area contributed by atoms with Crippen LogP contribution in [0.1, 0.15) is 53.2 Å². The molecule has 1 amide bonds. The third-order valence-corrected chi connectivity index (χ3v) is 7.79. The fraction of sp³-hybridized carbons (Fsp3) is 0.414. The third-order valence-electron chi connectivity index (χ3n) is 7.52. The van der Waals surface area contributed by atoms with Crippen LogP contribution in [0.3, 0.4) is 0 Å². The van der Waals surface area contributed by atoms with Crippen LogP contribution in [0.5, 0.6) is 5.75 Å². The third kappa shape index (κ3) is 6.21. The van der Waals surface area contributed by atoms with Crippen molar-refractivity contribution in [3.05, 3.63) is 70.4 Å². The van der Waals surface area contributed by atoms with Crippen molar-refractivity contribution in [1.82, 2.24) is 20.2 Å². The van der Waals surface area contributed by atoms with Crippen molar-refractivity contribution in [2.75, 3.05) is 25.6 Å². The molecule has 2 aromatic carbocycles. The molecule has 0 radical (unpaired) electrons. The number of nitrogens with zero attached hydrogens (tertiary/aromatic N) is 3. The van der Waals surface area contributed by atoms with Crippen LogP contribution in [0.4, 0.5) is 5.95 Å². The smallest absolute Gasteiger partial charge is 0.254 e. The lowest BCUT2D eigenvalue weighted by atomic mass is 9.93. The van der Waals surface area contributed by atoms with Gasteiger partial charge in [0.15, 0.2) is 0 Å². The van der Waals surface area contributed by atoms with Gasteiger partial charge in [0.1, 0.15) is 12.0 Å². The highest BCUT2D eigenvalue weighted by molar-refractivity contribution is 6.33. The number of hydrogen-bond acceptors (Lipinski definition) is 9. The number of ether oxygens (including phenoxy) is 1.